The number of benzene rings is 2. The van der Waals surface area contributed by atoms with Crippen LogP contribution in [0.4, 0.5) is 0 Å². The van der Waals surface area contributed by atoms with Gasteiger partial charge in [-0.15, -0.1) is 0 Å². The second-order valence-electron chi connectivity index (χ2n) is 5.28. The van der Waals surface area contributed by atoms with Crippen LogP contribution in [0.1, 0.15) is 12.5 Å². The molecule has 0 saturated carbocycles. The summed E-state index contributed by atoms with van der Waals surface area (Å²) in [6, 6.07) is 18.2. The Hall–Kier alpha value is -2.26. The van der Waals surface area contributed by atoms with Crippen LogP contribution in [0.3, 0.4) is 0 Å². The van der Waals surface area contributed by atoms with E-state index in [1.54, 1.807) is 6.92 Å². The molecule has 3 heteroatoms. The molecule has 1 N–H and O–H groups in total. The zero-order chi connectivity index (χ0) is 14.7. The first-order valence-corrected chi connectivity index (χ1v) is 7.16. The second-order valence-corrected chi connectivity index (χ2v) is 5.28. The van der Waals surface area contributed by atoms with Crippen LogP contribution in [0.25, 0.3) is 10.9 Å². The van der Waals surface area contributed by atoms with Crippen LogP contribution >= 0.6 is 0 Å². The van der Waals surface area contributed by atoms with E-state index in [1.165, 1.54) is 0 Å². The lowest BCUT2D eigenvalue weighted by atomic mass is 10.2. The minimum Gasteiger partial charge on any atom is -0.488 e. The predicted molar refractivity (Wildman–Crippen MR) is 84.4 cm³/mol. The zero-order valence-corrected chi connectivity index (χ0v) is 12.1. The van der Waals surface area contributed by atoms with Crippen molar-refractivity contribution in [2.45, 2.75) is 26.2 Å². The molecule has 1 atom stereocenters. The van der Waals surface area contributed by atoms with Gasteiger partial charge < -0.3 is 14.4 Å². The van der Waals surface area contributed by atoms with E-state index in [4.69, 9.17) is 4.74 Å². The van der Waals surface area contributed by atoms with E-state index in [0.717, 1.165) is 22.2 Å². The second kappa shape index (κ2) is 6.02. The maximum absolute atomic E-state index is 9.55. The van der Waals surface area contributed by atoms with Crippen molar-refractivity contribution < 1.29 is 9.84 Å². The minimum atomic E-state index is -0.366. The van der Waals surface area contributed by atoms with Crippen LogP contribution in [-0.2, 0) is 13.2 Å². The number of aliphatic hydroxyl groups excluding tert-OH is 1. The number of hydrogen-bond donors (Lipinski definition) is 1. The molecule has 1 unspecified atom stereocenters. The molecule has 0 fully saturated rings. The Labute approximate surface area is 124 Å². The quantitative estimate of drug-likeness (QED) is 0.775. The molecule has 0 aliphatic heterocycles. The maximum atomic E-state index is 9.55. The van der Waals surface area contributed by atoms with Gasteiger partial charge in [0.25, 0.3) is 0 Å². The Morgan fingerprint density at radius 1 is 1.05 bits per heavy atom. The molecule has 1 heterocycles. The van der Waals surface area contributed by atoms with E-state index in [-0.39, 0.29) is 6.10 Å². The Balaban J connectivity index is 1.84. The summed E-state index contributed by atoms with van der Waals surface area (Å²) in [4.78, 5) is 0. The van der Waals surface area contributed by atoms with E-state index in [0.29, 0.717) is 13.2 Å². The molecule has 0 radical (unpaired) electrons. The lowest BCUT2D eigenvalue weighted by Gasteiger charge is -2.10. The molecular formula is C18H19NO2. The van der Waals surface area contributed by atoms with Crippen molar-refractivity contribution >= 4 is 10.9 Å². The summed E-state index contributed by atoms with van der Waals surface area (Å²) in [6.07, 6.45) is 1.63. The molecule has 0 amide bonds. The average Bonchev–Trinajstić information content (AvgIpc) is 2.89. The first kappa shape index (κ1) is 13.7. The highest BCUT2D eigenvalue weighted by atomic mass is 16.5. The van der Waals surface area contributed by atoms with E-state index < -0.39 is 0 Å². The predicted octanol–water partition coefficient (Wildman–Crippen LogP) is 3.60. The molecule has 2 aromatic carbocycles. The van der Waals surface area contributed by atoms with E-state index in [2.05, 4.69) is 16.7 Å². The van der Waals surface area contributed by atoms with Gasteiger partial charge in [-0.3, -0.25) is 0 Å². The first-order valence-electron chi connectivity index (χ1n) is 7.16. The van der Waals surface area contributed by atoms with Gasteiger partial charge in [0.15, 0.2) is 0 Å². The number of aromatic nitrogens is 1. The van der Waals surface area contributed by atoms with Gasteiger partial charge in [-0.2, -0.15) is 0 Å². The fraction of sp³-hybridized carbons (Fsp3) is 0.222. The molecular weight excluding hydrogens is 262 g/mol. The number of rotatable bonds is 5. The smallest absolute Gasteiger partial charge is 0.129 e. The van der Waals surface area contributed by atoms with Crippen molar-refractivity contribution in [3.05, 3.63) is 66.4 Å². The average molecular weight is 281 g/mol. The highest BCUT2D eigenvalue weighted by Crippen LogP contribution is 2.27. The minimum absolute atomic E-state index is 0.366. The molecule has 108 valence electrons. The summed E-state index contributed by atoms with van der Waals surface area (Å²) in [5.74, 6) is 0.876. The number of hydrogen-bond acceptors (Lipinski definition) is 2. The largest absolute Gasteiger partial charge is 0.488 e. The third-order valence-corrected chi connectivity index (χ3v) is 3.47. The Bertz CT molecular complexity index is 716. The molecule has 3 aromatic rings. The number of fused-ring (bicyclic) bond motifs is 1. The van der Waals surface area contributed by atoms with Crippen LogP contribution < -0.4 is 4.74 Å². The normalized spacial score (nSPS) is 12.5. The molecule has 0 saturated heterocycles. The highest BCUT2D eigenvalue weighted by molar-refractivity contribution is 5.86. The fourth-order valence-corrected chi connectivity index (χ4v) is 2.50. The van der Waals surface area contributed by atoms with Gasteiger partial charge >= 0.3 is 0 Å². The maximum Gasteiger partial charge on any atom is 0.129 e. The number of ether oxygens (including phenoxy) is 1. The summed E-state index contributed by atoms with van der Waals surface area (Å²) in [5.41, 5.74) is 2.24. The van der Waals surface area contributed by atoms with Crippen molar-refractivity contribution in [3.63, 3.8) is 0 Å². The van der Waals surface area contributed by atoms with Gasteiger partial charge in [0, 0.05) is 18.1 Å². The monoisotopic (exact) mass is 281 g/mol. The van der Waals surface area contributed by atoms with Gasteiger partial charge in [0.1, 0.15) is 12.4 Å². The summed E-state index contributed by atoms with van der Waals surface area (Å²) >= 11 is 0. The molecule has 0 aliphatic carbocycles. The SMILES string of the molecule is CC(O)Cn1ccc2c(OCc3ccccc3)cccc21. The van der Waals surface area contributed by atoms with Gasteiger partial charge in [-0.05, 0) is 30.7 Å². The molecule has 0 spiro atoms. The van der Waals surface area contributed by atoms with E-state index in [9.17, 15) is 5.11 Å². The Kier molecular flexibility index (Phi) is 3.93. The van der Waals surface area contributed by atoms with Crippen molar-refractivity contribution in [2.24, 2.45) is 0 Å². The summed E-state index contributed by atoms with van der Waals surface area (Å²) in [7, 11) is 0. The fourth-order valence-electron chi connectivity index (χ4n) is 2.50. The topological polar surface area (TPSA) is 34.4 Å². The summed E-state index contributed by atoms with van der Waals surface area (Å²) in [5, 5.41) is 10.6. The number of nitrogens with zero attached hydrogens (tertiary/aromatic N) is 1. The third kappa shape index (κ3) is 3.09. The highest BCUT2D eigenvalue weighted by Gasteiger charge is 2.08. The van der Waals surface area contributed by atoms with Crippen molar-refractivity contribution in [3.8, 4) is 5.75 Å². The van der Waals surface area contributed by atoms with Crippen LogP contribution in [0.2, 0.25) is 0 Å². The number of aliphatic hydroxyl groups is 1. The lowest BCUT2D eigenvalue weighted by Crippen LogP contribution is -2.10. The molecule has 1 aromatic heterocycles. The van der Waals surface area contributed by atoms with Gasteiger partial charge in [-0.25, -0.2) is 0 Å². The van der Waals surface area contributed by atoms with Crippen molar-refractivity contribution in [1.82, 2.24) is 4.57 Å². The third-order valence-electron chi connectivity index (χ3n) is 3.47. The van der Waals surface area contributed by atoms with Crippen LogP contribution in [0.15, 0.2) is 60.8 Å². The molecule has 3 nitrogen and oxygen atoms in total. The van der Waals surface area contributed by atoms with E-state index in [1.807, 2.05) is 48.7 Å². The zero-order valence-electron chi connectivity index (χ0n) is 12.1. The van der Waals surface area contributed by atoms with Gasteiger partial charge in [0.05, 0.1) is 11.6 Å². The van der Waals surface area contributed by atoms with Gasteiger partial charge in [-0.1, -0.05) is 36.4 Å². The van der Waals surface area contributed by atoms with Crippen LogP contribution in [-0.4, -0.2) is 15.8 Å². The van der Waals surface area contributed by atoms with E-state index >= 15 is 0 Å². The Morgan fingerprint density at radius 3 is 2.62 bits per heavy atom. The molecule has 0 aliphatic rings. The standard InChI is InChI=1S/C18H19NO2/c1-14(20)12-19-11-10-16-17(19)8-5-9-18(16)21-13-15-6-3-2-4-7-15/h2-11,14,20H,12-13H2,1H3. The molecule has 21 heavy (non-hydrogen) atoms. The summed E-state index contributed by atoms with van der Waals surface area (Å²) < 4.78 is 8.00. The first-order chi connectivity index (χ1) is 10.2. The van der Waals surface area contributed by atoms with Crippen LogP contribution in [0.5, 0.6) is 5.75 Å². The lowest BCUT2D eigenvalue weighted by molar-refractivity contribution is 0.175. The Morgan fingerprint density at radius 2 is 1.86 bits per heavy atom. The van der Waals surface area contributed by atoms with Crippen molar-refractivity contribution in [2.75, 3.05) is 0 Å². The van der Waals surface area contributed by atoms with Crippen molar-refractivity contribution in [1.29, 1.82) is 0 Å². The van der Waals surface area contributed by atoms with Crippen LogP contribution in [0, 0.1) is 0 Å². The molecule has 0 bridgehead atoms. The molecule has 3 rings (SSSR count). The summed E-state index contributed by atoms with van der Waals surface area (Å²) in [6.45, 7) is 2.94. The van der Waals surface area contributed by atoms with Gasteiger partial charge in [0.2, 0.25) is 0 Å².